The summed E-state index contributed by atoms with van der Waals surface area (Å²) in [5.74, 6) is 2.63. The van der Waals surface area contributed by atoms with Crippen molar-refractivity contribution < 1.29 is 19.0 Å². The van der Waals surface area contributed by atoms with Crippen LogP contribution in [0.3, 0.4) is 0 Å². The average Bonchev–Trinajstić information content (AvgIpc) is 2.73. The monoisotopic (exact) mass is 381 g/mol. The molecule has 2 aromatic rings. The molecule has 1 fully saturated rings. The number of hydrogen-bond acceptors (Lipinski definition) is 5. The molecule has 0 spiro atoms. The molecule has 0 unspecified atom stereocenters. The van der Waals surface area contributed by atoms with Crippen LogP contribution in [0.5, 0.6) is 17.2 Å². The highest BCUT2D eigenvalue weighted by molar-refractivity contribution is 5.98. The summed E-state index contributed by atoms with van der Waals surface area (Å²) >= 11 is 0. The van der Waals surface area contributed by atoms with E-state index in [0.717, 1.165) is 49.5 Å². The Morgan fingerprint density at radius 2 is 1.86 bits per heavy atom. The Morgan fingerprint density at radius 3 is 2.64 bits per heavy atom. The van der Waals surface area contributed by atoms with Gasteiger partial charge in [-0.1, -0.05) is 12.1 Å². The molecule has 148 valence electrons. The van der Waals surface area contributed by atoms with Gasteiger partial charge >= 0.3 is 0 Å². The van der Waals surface area contributed by atoms with Crippen LogP contribution in [0.4, 0.5) is 0 Å². The summed E-state index contributed by atoms with van der Waals surface area (Å²) in [7, 11) is 0. The number of aryl methyl sites for hydroxylation is 1. The zero-order valence-electron chi connectivity index (χ0n) is 16.4. The van der Waals surface area contributed by atoms with Crippen molar-refractivity contribution in [1.29, 1.82) is 0 Å². The SMILES string of the molecule is Cc1cccc(OCCN2CCC(C(=O)c3ccc4c(c3)OCCO4)CC2)c1. The van der Waals surface area contributed by atoms with Gasteiger partial charge in [0.2, 0.25) is 0 Å². The molecule has 0 atom stereocenters. The second-order valence-electron chi connectivity index (χ2n) is 7.50. The molecule has 0 saturated carbocycles. The van der Waals surface area contributed by atoms with Gasteiger partial charge in [0.15, 0.2) is 17.3 Å². The Labute approximate surface area is 166 Å². The topological polar surface area (TPSA) is 48.0 Å². The predicted molar refractivity (Wildman–Crippen MR) is 108 cm³/mol. The van der Waals surface area contributed by atoms with Gasteiger partial charge in [0.05, 0.1) is 0 Å². The molecule has 0 aromatic heterocycles. The number of carbonyl (C=O) groups is 1. The number of rotatable bonds is 6. The van der Waals surface area contributed by atoms with Gasteiger partial charge in [-0.3, -0.25) is 9.69 Å². The van der Waals surface area contributed by atoms with Gasteiger partial charge in [-0.05, 0) is 68.8 Å². The van der Waals surface area contributed by atoms with E-state index in [1.165, 1.54) is 5.56 Å². The molecule has 5 heteroatoms. The molecule has 0 amide bonds. The van der Waals surface area contributed by atoms with Crippen molar-refractivity contribution in [2.45, 2.75) is 19.8 Å². The lowest BCUT2D eigenvalue weighted by Gasteiger charge is -2.31. The van der Waals surface area contributed by atoms with Crippen LogP contribution in [0.25, 0.3) is 0 Å². The number of carbonyl (C=O) groups excluding carboxylic acids is 1. The summed E-state index contributed by atoms with van der Waals surface area (Å²) < 4.78 is 17.0. The number of hydrogen-bond donors (Lipinski definition) is 0. The Morgan fingerprint density at radius 1 is 1.07 bits per heavy atom. The van der Waals surface area contributed by atoms with E-state index in [9.17, 15) is 4.79 Å². The van der Waals surface area contributed by atoms with Gasteiger partial charge in [0.25, 0.3) is 0 Å². The van der Waals surface area contributed by atoms with E-state index in [1.807, 2.05) is 30.3 Å². The van der Waals surface area contributed by atoms with Gasteiger partial charge in [-0.15, -0.1) is 0 Å². The highest BCUT2D eigenvalue weighted by Gasteiger charge is 2.26. The quantitative estimate of drug-likeness (QED) is 0.714. The molecule has 1 saturated heterocycles. The second-order valence-corrected chi connectivity index (χ2v) is 7.50. The highest BCUT2D eigenvalue weighted by Crippen LogP contribution is 2.32. The fourth-order valence-electron chi connectivity index (χ4n) is 3.85. The Balaban J connectivity index is 1.25. The zero-order valence-corrected chi connectivity index (χ0v) is 16.4. The molecule has 2 aromatic carbocycles. The number of Topliss-reactive ketones (excluding diaryl/α,β-unsaturated/α-hetero) is 1. The number of fused-ring (bicyclic) bond motifs is 1. The number of ether oxygens (including phenoxy) is 3. The molecular formula is C23H27NO4. The molecule has 2 aliphatic rings. The third-order valence-electron chi connectivity index (χ3n) is 5.45. The van der Waals surface area contributed by atoms with E-state index >= 15 is 0 Å². The van der Waals surface area contributed by atoms with Crippen molar-refractivity contribution in [3.63, 3.8) is 0 Å². The molecule has 0 bridgehead atoms. The summed E-state index contributed by atoms with van der Waals surface area (Å²) in [6, 6.07) is 13.7. The maximum absolute atomic E-state index is 12.9. The number of nitrogens with zero attached hydrogens (tertiary/aromatic N) is 1. The lowest BCUT2D eigenvalue weighted by molar-refractivity contribution is 0.0826. The van der Waals surface area contributed by atoms with Crippen molar-refractivity contribution in [3.05, 3.63) is 53.6 Å². The molecule has 2 aliphatic heterocycles. The molecule has 28 heavy (non-hydrogen) atoms. The summed E-state index contributed by atoms with van der Waals surface area (Å²) in [4.78, 5) is 15.3. The number of piperidine rings is 1. The third-order valence-corrected chi connectivity index (χ3v) is 5.45. The fourth-order valence-corrected chi connectivity index (χ4v) is 3.85. The van der Waals surface area contributed by atoms with Crippen LogP contribution >= 0.6 is 0 Å². The molecule has 0 radical (unpaired) electrons. The first-order chi connectivity index (χ1) is 13.7. The number of likely N-dealkylation sites (tertiary alicyclic amines) is 1. The van der Waals surface area contributed by atoms with E-state index in [-0.39, 0.29) is 11.7 Å². The van der Waals surface area contributed by atoms with Crippen molar-refractivity contribution in [3.8, 4) is 17.2 Å². The average molecular weight is 381 g/mol. The molecule has 0 N–H and O–H groups in total. The number of ketones is 1. The van der Waals surface area contributed by atoms with Crippen molar-refractivity contribution >= 4 is 5.78 Å². The smallest absolute Gasteiger partial charge is 0.166 e. The first kappa shape index (κ1) is 18.8. The van der Waals surface area contributed by atoms with E-state index in [0.29, 0.717) is 25.6 Å². The van der Waals surface area contributed by atoms with Gasteiger partial charge in [-0.25, -0.2) is 0 Å². The zero-order chi connectivity index (χ0) is 19.3. The largest absolute Gasteiger partial charge is 0.492 e. The minimum atomic E-state index is 0.0801. The van der Waals surface area contributed by atoms with Crippen molar-refractivity contribution in [2.75, 3.05) is 39.5 Å². The summed E-state index contributed by atoms with van der Waals surface area (Å²) in [6.07, 6.45) is 1.77. The molecule has 0 aliphatic carbocycles. The normalized spacial score (nSPS) is 17.3. The van der Waals surface area contributed by atoms with E-state index < -0.39 is 0 Å². The number of benzene rings is 2. The van der Waals surface area contributed by atoms with Crippen LogP contribution in [-0.4, -0.2) is 50.1 Å². The maximum Gasteiger partial charge on any atom is 0.166 e. The Kier molecular flexibility index (Phi) is 5.81. The van der Waals surface area contributed by atoms with Gasteiger partial charge in [-0.2, -0.15) is 0 Å². The van der Waals surface area contributed by atoms with Crippen LogP contribution in [0.15, 0.2) is 42.5 Å². The van der Waals surface area contributed by atoms with Crippen LogP contribution in [0.2, 0.25) is 0 Å². The van der Waals surface area contributed by atoms with Gasteiger partial charge in [0.1, 0.15) is 25.6 Å². The Bertz CT molecular complexity index is 827. The van der Waals surface area contributed by atoms with Crippen molar-refractivity contribution in [2.24, 2.45) is 5.92 Å². The summed E-state index contributed by atoms with van der Waals surface area (Å²) in [6.45, 7) is 6.58. The molecular weight excluding hydrogens is 354 g/mol. The van der Waals surface area contributed by atoms with Gasteiger partial charge in [0, 0.05) is 18.0 Å². The standard InChI is InChI=1S/C23H27NO4/c1-17-3-2-4-20(15-17)26-12-11-24-9-7-18(8-10-24)23(25)19-5-6-21-22(16-19)28-14-13-27-21/h2-6,15-16,18H,7-14H2,1H3. The minimum Gasteiger partial charge on any atom is -0.492 e. The first-order valence-electron chi connectivity index (χ1n) is 10.0. The van der Waals surface area contributed by atoms with Crippen LogP contribution in [-0.2, 0) is 0 Å². The maximum atomic E-state index is 12.9. The van der Waals surface area contributed by atoms with E-state index in [2.05, 4.69) is 24.0 Å². The third kappa shape index (κ3) is 4.47. The van der Waals surface area contributed by atoms with Crippen molar-refractivity contribution in [1.82, 2.24) is 4.90 Å². The molecule has 5 nitrogen and oxygen atoms in total. The van der Waals surface area contributed by atoms with Crippen LogP contribution in [0, 0.1) is 12.8 Å². The predicted octanol–water partition coefficient (Wildman–Crippen LogP) is 3.74. The van der Waals surface area contributed by atoms with E-state index in [1.54, 1.807) is 0 Å². The highest BCUT2D eigenvalue weighted by atomic mass is 16.6. The van der Waals surface area contributed by atoms with Crippen LogP contribution in [0.1, 0.15) is 28.8 Å². The lowest BCUT2D eigenvalue weighted by Crippen LogP contribution is -2.38. The second kappa shape index (κ2) is 8.65. The molecule has 2 heterocycles. The first-order valence-corrected chi connectivity index (χ1v) is 10.0. The van der Waals surface area contributed by atoms with E-state index in [4.69, 9.17) is 14.2 Å². The van der Waals surface area contributed by atoms with Gasteiger partial charge < -0.3 is 14.2 Å². The summed E-state index contributed by atoms with van der Waals surface area (Å²) in [5, 5.41) is 0. The fraction of sp³-hybridized carbons (Fsp3) is 0.435. The minimum absolute atomic E-state index is 0.0801. The summed E-state index contributed by atoms with van der Waals surface area (Å²) in [5.41, 5.74) is 1.93. The van der Waals surface area contributed by atoms with Crippen LogP contribution < -0.4 is 14.2 Å². The molecule has 4 rings (SSSR count). The Hall–Kier alpha value is -2.53. The lowest BCUT2D eigenvalue weighted by atomic mass is 9.88.